The zero-order valence-electron chi connectivity index (χ0n) is 14.0. The Morgan fingerprint density at radius 1 is 1.25 bits per heavy atom. The molecule has 0 saturated carbocycles. The number of carbonyl (C=O) groups excluding carboxylic acids is 1. The first-order valence-corrected chi connectivity index (χ1v) is 8.13. The predicted molar refractivity (Wildman–Crippen MR) is 94.6 cm³/mol. The van der Waals surface area contributed by atoms with Crippen molar-refractivity contribution in [3.8, 4) is 11.5 Å². The maximum atomic E-state index is 12.9. The van der Waals surface area contributed by atoms with E-state index in [1.54, 1.807) is 24.1 Å². The molecule has 2 aromatic rings. The van der Waals surface area contributed by atoms with Gasteiger partial charge in [0.2, 0.25) is 0 Å². The van der Waals surface area contributed by atoms with Crippen molar-refractivity contribution in [2.75, 3.05) is 24.3 Å². The van der Waals surface area contributed by atoms with E-state index in [1.807, 2.05) is 30.3 Å². The number of methoxy groups -OCH3 is 1. The Balaban J connectivity index is 1.90. The zero-order chi connectivity index (χ0) is 17.1. The van der Waals surface area contributed by atoms with E-state index in [9.17, 15) is 4.79 Å². The molecule has 5 heteroatoms. The Labute approximate surface area is 142 Å². The van der Waals surface area contributed by atoms with Crippen molar-refractivity contribution < 1.29 is 14.3 Å². The van der Waals surface area contributed by atoms with Crippen LogP contribution in [0.25, 0.3) is 0 Å². The molecule has 1 aliphatic heterocycles. The molecule has 0 radical (unpaired) electrons. The lowest BCUT2D eigenvalue weighted by Crippen LogP contribution is -2.47. The molecular formula is C19H22N2O3. The first-order chi connectivity index (χ1) is 11.6. The van der Waals surface area contributed by atoms with E-state index in [-0.39, 0.29) is 5.91 Å². The largest absolute Gasteiger partial charge is 0.497 e. The average Bonchev–Trinajstić information content (AvgIpc) is 2.58. The summed E-state index contributed by atoms with van der Waals surface area (Å²) in [4.78, 5) is 14.7. The maximum absolute atomic E-state index is 12.9. The van der Waals surface area contributed by atoms with Crippen LogP contribution in [0.15, 0.2) is 42.5 Å². The number of ether oxygens (including phenoxy) is 2. The molecule has 126 valence electrons. The lowest BCUT2D eigenvalue weighted by Gasteiger charge is -2.34. The Kier molecular flexibility index (Phi) is 4.60. The molecule has 0 bridgehead atoms. The monoisotopic (exact) mass is 326 g/mol. The van der Waals surface area contributed by atoms with Gasteiger partial charge in [0.05, 0.1) is 12.8 Å². The third-order valence-corrected chi connectivity index (χ3v) is 4.09. The van der Waals surface area contributed by atoms with Gasteiger partial charge < -0.3 is 20.1 Å². The molecule has 0 saturated heterocycles. The highest BCUT2D eigenvalue weighted by Crippen LogP contribution is 2.36. The molecule has 0 aliphatic carbocycles. The van der Waals surface area contributed by atoms with Gasteiger partial charge in [-0.05, 0) is 36.2 Å². The Morgan fingerprint density at radius 2 is 2.08 bits per heavy atom. The van der Waals surface area contributed by atoms with Gasteiger partial charge in [0.25, 0.3) is 5.91 Å². The third-order valence-electron chi connectivity index (χ3n) is 4.09. The van der Waals surface area contributed by atoms with Crippen molar-refractivity contribution in [3.05, 3.63) is 48.0 Å². The van der Waals surface area contributed by atoms with Crippen LogP contribution in [0.5, 0.6) is 11.5 Å². The molecule has 2 aromatic carbocycles. The van der Waals surface area contributed by atoms with Gasteiger partial charge in [0.1, 0.15) is 11.5 Å². The van der Waals surface area contributed by atoms with Gasteiger partial charge in [-0.2, -0.15) is 0 Å². The lowest BCUT2D eigenvalue weighted by atomic mass is 10.0. The second kappa shape index (κ2) is 6.83. The molecule has 0 fully saturated rings. The van der Waals surface area contributed by atoms with E-state index < -0.39 is 6.10 Å². The van der Waals surface area contributed by atoms with Gasteiger partial charge in [-0.15, -0.1) is 0 Å². The fourth-order valence-corrected chi connectivity index (χ4v) is 2.94. The number of rotatable bonds is 5. The van der Waals surface area contributed by atoms with E-state index >= 15 is 0 Å². The number of nitrogens with zero attached hydrogens (tertiary/aromatic N) is 1. The predicted octanol–water partition coefficient (Wildman–Crippen LogP) is 3.02. The van der Waals surface area contributed by atoms with Crippen LogP contribution in [-0.2, 0) is 11.2 Å². The fourth-order valence-electron chi connectivity index (χ4n) is 2.94. The molecule has 0 aromatic heterocycles. The highest BCUT2D eigenvalue weighted by atomic mass is 16.5. The second-order valence-electron chi connectivity index (χ2n) is 5.88. The highest BCUT2D eigenvalue weighted by Gasteiger charge is 2.34. The summed E-state index contributed by atoms with van der Waals surface area (Å²) in [6.07, 6.45) is 0.810. The number of hydrogen-bond acceptors (Lipinski definition) is 4. The quantitative estimate of drug-likeness (QED) is 0.858. The summed E-state index contributed by atoms with van der Waals surface area (Å²) in [5.74, 6) is 1.42. The molecule has 1 aliphatic rings. The van der Waals surface area contributed by atoms with Crippen LogP contribution in [0.1, 0.15) is 18.9 Å². The first-order valence-electron chi connectivity index (χ1n) is 8.13. The number of fused-ring (bicyclic) bond motifs is 1. The Morgan fingerprint density at radius 3 is 2.83 bits per heavy atom. The maximum Gasteiger partial charge on any atom is 0.268 e. The van der Waals surface area contributed by atoms with Gasteiger partial charge in [0.15, 0.2) is 6.10 Å². The fraction of sp³-hybridized carbons (Fsp3) is 0.316. The molecule has 2 N–H and O–H groups in total. The minimum atomic E-state index is -0.557. The average molecular weight is 326 g/mol. The van der Waals surface area contributed by atoms with E-state index in [2.05, 4.69) is 6.92 Å². The van der Waals surface area contributed by atoms with Gasteiger partial charge >= 0.3 is 0 Å². The van der Waals surface area contributed by atoms with Crippen molar-refractivity contribution in [1.82, 2.24) is 0 Å². The molecule has 5 nitrogen and oxygen atoms in total. The van der Waals surface area contributed by atoms with Crippen LogP contribution in [0.2, 0.25) is 0 Å². The van der Waals surface area contributed by atoms with E-state index in [0.717, 1.165) is 23.4 Å². The molecular weight excluding hydrogens is 304 g/mol. The lowest BCUT2D eigenvalue weighted by molar-refractivity contribution is -0.126. The Bertz CT molecular complexity index is 745. The van der Waals surface area contributed by atoms with Crippen LogP contribution in [-0.4, -0.2) is 25.7 Å². The first kappa shape index (κ1) is 16.2. The van der Waals surface area contributed by atoms with Crippen LogP contribution in [0.4, 0.5) is 11.4 Å². The molecule has 1 unspecified atom stereocenters. The number of amides is 1. The van der Waals surface area contributed by atoms with E-state index in [0.29, 0.717) is 24.4 Å². The number of carbonyl (C=O) groups is 1. The number of hydrogen-bond donors (Lipinski definition) is 1. The summed E-state index contributed by atoms with van der Waals surface area (Å²) in [5.41, 5.74) is 8.28. The second-order valence-corrected chi connectivity index (χ2v) is 5.88. The zero-order valence-corrected chi connectivity index (χ0v) is 14.0. The van der Waals surface area contributed by atoms with Crippen LogP contribution in [0.3, 0.4) is 0 Å². The number of anilines is 2. The van der Waals surface area contributed by atoms with Crippen LogP contribution in [0, 0.1) is 0 Å². The minimum Gasteiger partial charge on any atom is -0.497 e. The standard InChI is InChI=1S/C19H22N2O3/c1-3-9-21-16-8-7-14(20)12-17(16)24-18(19(21)22)11-13-5-4-6-15(10-13)23-2/h4-8,10,12,18H,3,9,11,20H2,1-2H3. The molecule has 3 rings (SSSR count). The molecule has 1 heterocycles. The summed E-state index contributed by atoms with van der Waals surface area (Å²) >= 11 is 0. The SMILES string of the molecule is CCCN1C(=O)C(Cc2cccc(OC)c2)Oc2cc(N)ccc21. The number of nitrogens with two attached hydrogens (primary N) is 1. The van der Waals surface area contributed by atoms with Gasteiger partial charge in [-0.3, -0.25) is 4.79 Å². The Hall–Kier alpha value is -2.69. The number of benzene rings is 2. The smallest absolute Gasteiger partial charge is 0.268 e. The third kappa shape index (κ3) is 3.15. The molecule has 24 heavy (non-hydrogen) atoms. The van der Waals surface area contributed by atoms with E-state index in [4.69, 9.17) is 15.2 Å². The molecule has 1 amide bonds. The van der Waals surface area contributed by atoms with Crippen molar-refractivity contribution >= 4 is 17.3 Å². The van der Waals surface area contributed by atoms with Crippen molar-refractivity contribution in [1.29, 1.82) is 0 Å². The van der Waals surface area contributed by atoms with Crippen molar-refractivity contribution in [2.24, 2.45) is 0 Å². The molecule has 0 spiro atoms. The van der Waals surface area contributed by atoms with Gasteiger partial charge in [-0.25, -0.2) is 0 Å². The van der Waals surface area contributed by atoms with Crippen LogP contribution >= 0.6 is 0 Å². The summed E-state index contributed by atoms with van der Waals surface area (Å²) in [7, 11) is 1.63. The number of nitrogen functional groups attached to an aromatic ring is 1. The minimum absolute atomic E-state index is 0.0167. The van der Waals surface area contributed by atoms with Gasteiger partial charge in [0, 0.05) is 24.7 Å². The highest BCUT2D eigenvalue weighted by molar-refractivity contribution is 6.00. The van der Waals surface area contributed by atoms with Crippen LogP contribution < -0.4 is 20.1 Å². The molecule has 1 atom stereocenters. The summed E-state index contributed by atoms with van der Waals surface area (Å²) in [6.45, 7) is 2.71. The van der Waals surface area contributed by atoms with Crippen molar-refractivity contribution in [2.45, 2.75) is 25.9 Å². The summed E-state index contributed by atoms with van der Waals surface area (Å²) in [6, 6.07) is 13.1. The summed E-state index contributed by atoms with van der Waals surface area (Å²) in [5, 5.41) is 0. The van der Waals surface area contributed by atoms with E-state index in [1.165, 1.54) is 0 Å². The van der Waals surface area contributed by atoms with Crippen molar-refractivity contribution in [3.63, 3.8) is 0 Å². The topological polar surface area (TPSA) is 64.8 Å². The normalized spacial score (nSPS) is 16.5. The summed E-state index contributed by atoms with van der Waals surface area (Å²) < 4.78 is 11.2. The van der Waals surface area contributed by atoms with Gasteiger partial charge in [-0.1, -0.05) is 19.1 Å².